The molecule has 1 aromatic carbocycles. The number of nitrogens with one attached hydrogen (secondary N) is 1. The van der Waals surface area contributed by atoms with Crippen molar-refractivity contribution in [3.8, 4) is 0 Å². The summed E-state index contributed by atoms with van der Waals surface area (Å²) in [5.74, 6) is -0.140. The largest absolute Gasteiger partial charge is 0.372 e. The van der Waals surface area contributed by atoms with Crippen molar-refractivity contribution < 1.29 is 4.79 Å². The van der Waals surface area contributed by atoms with Gasteiger partial charge in [-0.2, -0.15) is 5.10 Å². The number of nitrogens with zero attached hydrogens (tertiary/aromatic N) is 2. The molecule has 1 aliphatic carbocycles. The molecule has 1 N–H and O–H groups in total. The minimum absolute atomic E-state index is 0.140. The van der Waals surface area contributed by atoms with Crippen molar-refractivity contribution in [2.75, 3.05) is 18.0 Å². The lowest BCUT2D eigenvalue weighted by atomic mass is 10.1. The summed E-state index contributed by atoms with van der Waals surface area (Å²) in [5.41, 5.74) is 6.88. The second-order valence-corrected chi connectivity index (χ2v) is 6.44. The van der Waals surface area contributed by atoms with E-state index in [9.17, 15) is 4.79 Å². The highest BCUT2D eigenvalue weighted by molar-refractivity contribution is 6.03. The lowest BCUT2D eigenvalue weighted by Crippen LogP contribution is -2.22. The Kier molecular flexibility index (Phi) is 7.71. The first-order valence-corrected chi connectivity index (χ1v) is 9.60. The SMILES string of the molecule is CCCCCC1=CCC/C1=N\NC(=O)c1ccc(N(CC)CC)cc1. The third kappa shape index (κ3) is 5.45. The second kappa shape index (κ2) is 10.0. The first-order valence-electron chi connectivity index (χ1n) is 9.60. The van der Waals surface area contributed by atoms with Crippen molar-refractivity contribution in [1.29, 1.82) is 0 Å². The van der Waals surface area contributed by atoms with Crippen LogP contribution in [0.3, 0.4) is 0 Å². The van der Waals surface area contributed by atoms with Crippen LogP contribution in [0.1, 0.15) is 69.7 Å². The third-order valence-corrected chi connectivity index (χ3v) is 4.74. The van der Waals surface area contributed by atoms with Gasteiger partial charge in [0.15, 0.2) is 0 Å². The molecule has 0 fully saturated rings. The summed E-state index contributed by atoms with van der Waals surface area (Å²) in [7, 11) is 0. The number of benzene rings is 1. The molecule has 2 rings (SSSR count). The fourth-order valence-corrected chi connectivity index (χ4v) is 3.20. The topological polar surface area (TPSA) is 44.7 Å². The molecular weight excluding hydrogens is 310 g/mol. The molecule has 0 aliphatic heterocycles. The van der Waals surface area contributed by atoms with E-state index in [1.807, 2.05) is 24.3 Å². The van der Waals surface area contributed by atoms with Crippen LogP contribution >= 0.6 is 0 Å². The molecule has 0 unspecified atom stereocenters. The van der Waals surface area contributed by atoms with Gasteiger partial charge in [0, 0.05) is 24.3 Å². The van der Waals surface area contributed by atoms with E-state index >= 15 is 0 Å². The predicted octanol–water partition coefficient (Wildman–Crippen LogP) is 4.92. The zero-order chi connectivity index (χ0) is 18.1. The van der Waals surface area contributed by atoms with Crippen molar-refractivity contribution in [2.45, 2.75) is 59.3 Å². The zero-order valence-corrected chi connectivity index (χ0v) is 15.8. The summed E-state index contributed by atoms with van der Waals surface area (Å²) in [5, 5.41) is 4.39. The van der Waals surface area contributed by atoms with Gasteiger partial charge in [-0.25, -0.2) is 5.43 Å². The first kappa shape index (κ1) is 19.2. The molecule has 0 spiro atoms. The molecule has 0 saturated heterocycles. The van der Waals surface area contributed by atoms with Gasteiger partial charge in [0.25, 0.3) is 5.91 Å². The maximum absolute atomic E-state index is 12.3. The summed E-state index contributed by atoms with van der Waals surface area (Å²) in [4.78, 5) is 14.6. The van der Waals surface area contributed by atoms with E-state index in [1.165, 1.54) is 24.8 Å². The van der Waals surface area contributed by atoms with Crippen LogP contribution in [0.2, 0.25) is 0 Å². The molecule has 4 heteroatoms. The van der Waals surface area contributed by atoms with E-state index in [-0.39, 0.29) is 5.91 Å². The van der Waals surface area contributed by atoms with Crippen LogP contribution in [0.4, 0.5) is 5.69 Å². The molecular formula is C21H31N3O. The zero-order valence-electron chi connectivity index (χ0n) is 15.8. The maximum atomic E-state index is 12.3. The number of hydrazone groups is 1. The van der Waals surface area contributed by atoms with Gasteiger partial charge in [-0.3, -0.25) is 4.79 Å². The standard InChI is InChI=1S/C21H31N3O/c1-4-7-8-10-17-11-9-12-20(17)22-23-21(25)18-13-15-19(16-14-18)24(5-2)6-3/h11,13-16H,4-10,12H2,1-3H3,(H,23,25)/b22-20+. The van der Waals surface area contributed by atoms with Gasteiger partial charge < -0.3 is 4.90 Å². The van der Waals surface area contributed by atoms with E-state index in [2.05, 4.69) is 42.3 Å². The van der Waals surface area contributed by atoms with Crippen LogP contribution in [0.15, 0.2) is 41.0 Å². The summed E-state index contributed by atoms with van der Waals surface area (Å²) in [6.07, 6.45) is 8.97. The van der Waals surface area contributed by atoms with Gasteiger partial charge in [-0.1, -0.05) is 25.8 Å². The molecule has 1 aromatic rings. The number of amides is 1. The average Bonchev–Trinajstić information content (AvgIpc) is 3.09. The van der Waals surface area contributed by atoms with Crippen LogP contribution < -0.4 is 10.3 Å². The number of allylic oxidation sites excluding steroid dienone is 2. The lowest BCUT2D eigenvalue weighted by Gasteiger charge is -2.20. The van der Waals surface area contributed by atoms with Crippen molar-refractivity contribution in [3.63, 3.8) is 0 Å². The highest BCUT2D eigenvalue weighted by Crippen LogP contribution is 2.21. The first-order chi connectivity index (χ1) is 12.2. The van der Waals surface area contributed by atoms with Crippen molar-refractivity contribution in [3.05, 3.63) is 41.5 Å². The van der Waals surface area contributed by atoms with Gasteiger partial charge in [0.2, 0.25) is 0 Å². The Bertz CT molecular complexity index is 613. The molecule has 1 amide bonds. The molecule has 4 nitrogen and oxygen atoms in total. The van der Waals surface area contributed by atoms with Crippen LogP contribution in [-0.2, 0) is 0 Å². The monoisotopic (exact) mass is 341 g/mol. The molecule has 0 aromatic heterocycles. The van der Waals surface area contributed by atoms with Crippen molar-refractivity contribution >= 4 is 17.3 Å². The maximum Gasteiger partial charge on any atom is 0.271 e. The van der Waals surface area contributed by atoms with Crippen molar-refractivity contribution in [1.82, 2.24) is 5.43 Å². The van der Waals surface area contributed by atoms with Crippen LogP contribution in [0.25, 0.3) is 0 Å². The number of carbonyl (C=O) groups excluding carboxylic acids is 1. The van der Waals surface area contributed by atoms with Gasteiger partial charge in [0.1, 0.15) is 0 Å². The molecule has 25 heavy (non-hydrogen) atoms. The van der Waals surface area contributed by atoms with E-state index < -0.39 is 0 Å². The molecule has 0 heterocycles. The summed E-state index contributed by atoms with van der Waals surface area (Å²) < 4.78 is 0. The van der Waals surface area contributed by atoms with Gasteiger partial charge in [0.05, 0.1) is 5.71 Å². The van der Waals surface area contributed by atoms with Gasteiger partial charge in [-0.15, -0.1) is 0 Å². The average molecular weight is 341 g/mol. The number of rotatable bonds is 9. The van der Waals surface area contributed by atoms with E-state index in [0.717, 1.165) is 43.8 Å². The Hall–Kier alpha value is -2.10. The Balaban J connectivity index is 1.94. The van der Waals surface area contributed by atoms with Crippen LogP contribution in [0.5, 0.6) is 0 Å². The quantitative estimate of drug-likeness (QED) is 0.512. The van der Waals surface area contributed by atoms with Gasteiger partial charge >= 0.3 is 0 Å². The minimum atomic E-state index is -0.140. The summed E-state index contributed by atoms with van der Waals surface area (Å²) in [6.45, 7) is 8.40. The third-order valence-electron chi connectivity index (χ3n) is 4.74. The number of unbranched alkanes of at least 4 members (excludes halogenated alkanes) is 2. The fourth-order valence-electron chi connectivity index (χ4n) is 3.20. The molecule has 0 saturated carbocycles. The molecule has 1 aliphatic rings. The van der Waals surface area contributed by atoms with E-state index in [1.54, 1.807) is 0 Å². The Morgan fingerprint density at radius 3 is 2.48 bits per heavy atom. The Morgan fingerprint density at radius 2 is 1.84 bits per heavy atom. The normalized spacial score (nSPS) is 15.3. The molecule has 136 valence electrons. The van der Waals surface area contributed by atoms with E-state index in [4.69, 9.17) is 0 Å². The number of hydrogen-bond donors (Lipinski definition) is 1. The summed E-state index contributed by atoms with van der Waals surface area (Å²) >= 11 is 0. The lowest BCUT2D eigenvalue weighted by molar-refractivity contribution is 0.0955. The highest BCUT2D eigenvalue weighted by Gasteiger charge is 2.14. The Morgan fingerprint density at radius 1 is 1.12 bits per heavy atom. The molecule has 0 atom stereocenters. The highest BCUT2D eigenvalue weighted by atomic mass is 16.2. The van der Waals surface area contributed by atoms with Gasteiger partial charge in [-0.05, 0) is 69.4 Å². The second-order valence-electron chi connectivity index (χ2n) is 6.44. The van der Waals surface area contributed by atoms with Crippen molar-refractivity contribution in [2.24, 2.45) is 5.10 Å². The van der Waals surface area contributed by atoms with E-state index in [0.29, 0.717) is 5.56 Å². The number of hydrogen-bond acceptors (Lipinski definition) is 3. The number of carbonyl (C=O) groups is 1. The smallest absolute Gasteiger partial charge is 0.271 e. The van der Waals surface area contributed by atoms with Crippen LogP contribution in [0, 0.1) is 0 Å². The van der Waals surface area contributed by atoms with Crippen LogP contribution in [-0.4, -0.2) is 24.7 Å². The minimum Gasteiger partial charge on any atom is -0.372 e. The predicted molar refractivity (Wildman–Crippen MR) is 106 cm³/mol. The molecule has 0 bridgehead atoms. The number of anilines is 1. The molecule has 0 radical (unpaired) electrons. The Labute approximate surface area is 152 Å². The fraction of sp³-hybridized carbons (Fsp3) is 0.524. The summed E-state index contributed by atoms with van der Waals surface area (Å²) in [6, 6.07) is 7.74.